The molecule has 4 heteroatoms. The van der Waals surface area contributed by atoms with Crippen LogP contribution >= 0.6 is 0 Å². The molecule has 0 aromatic heterocycles. The Balaban J connectivity index is 2.13. The standard InChI is InChI=1S/C13H27N3O/c1-11(9-17-3)15(2)13(10-14)6-8-16-7-4-5-12(13)16/h11-12H,4-10,14H2,1-3H3. The van der Waals surface area contributed by atoms with E-state index in [0.717, 1.165) is 13.2 Å². The van der Waals surface area contributed by atoms with E-state index in [1.165, 1.54) is 32.4 Å². The fourth-order valence-electron chi connectivity index (χ4n) is 3.79. The molecule has 0 aromatic carbocycles. The molecule has 100 valence electrons. The highest BCUT2D eigenvalue weighted by molar-refractivity contribution is 5.09. The highest BCUT2D eigenvalue weighted by Crippen LogP contribution is 2.39. The summed E-state index contributed by atoms with van der Waals surface area (Å²) >= 11 is 0. The molecule has 0 aliphatic carbocycles. The maximum absolute atomic E-state index is 6.15. The molecule has 2 saturated heterocycles. The predicted molar refractivity (Wildman–Crippen MR) is 70.1 cm³/mol. The molecule has 2 heterocycles. The molecule has 17 heavy (non-hydrogen) atoms. The first-order chi connectivity index (χ1) is 8.15. The van der Waals surface area contributed by atoms with Gasteiger partial charge in [0, 0.05) is 37.8 Å². The van der Waals surface area contributed by atoms with Crippen molar-refractivity contribution in [2.75, 3.05) is 40.4 Å². The summed E-state index contributed by atoms with van der Waals surface area (Å²) in [6, 6.07) is 1.10. The van der Waals surface area contributed by atoms with Gasteiger partial charge in [-0.3, -0.25) is 9.80 Å². The van der Waals surface area contributed by atoms with Crippen molar-refractivity contribution in [1.82, 2.24) is 9.80 Å². The number of ether oxygens (including phenoxy) is 1. The zero-order chi connectivity index (χ0) is 12.5. The van der Waals surface area contributed by atoms with Crippen LogP contribution in [0.25, 0.3) is 0 Å². The second-order valence-electron chi connectivity index (χ2n) is 5.67. The average molecular weight is 241 g/mol. The van der Waals surface area contributed by atoms with Crippen LogP contribution in [0.1, 0.15) is 26.2 Å². The largest absolute Gasteiger partial charge is 0.383 e. The van der Waals surface area contributed by atoms with Crippen molar-refractivity contribution in [3.63, 3.8) is 0 Å². The van der Waals surface area contributed by atoms with Crippen molar-refractivity contribution in [2.45, 2.75) is 43.8 Å². The number of methoxy groups -OCH3 is 1. The first kappa shape index (κ1) is 13.3. The van der Waals surface area contributed by atoms with Gasteiger partial charge in [0.1, 0.15) is 0 Å². The van der Waals surface area contributed by atoms with Crippen LogP contribution < -0.4 is 5.73 Å². The fraction of sp³-hybridized carbons (Fsp3) is 1.00. The van der Waals surface area contributed by atoms with E-state index in [-0.39, 0.29) is 5.54 Å². The van der Waals surface area contributed by atoms with Crippen LogP contribution in [0.3, 0.4) is 0 Å². The van der Waals surface area contributed by atoms with Gasteiger partial charge < -0.3 is 10.5 Å². The molecule has 4 nitrogen and oxygen atoms in total. The molecule has 3 unspecified atom stereocenters. The third-order valence-corrected chi connectivity index (χ3v) is 4.94. The summed E-state index contributed by atoms with van der Waals surface area (Å²) in [7, 11) is 3.99. The topological polar surface area (TPSA) is 41.7 Å². The van der Waals surface area contributed by atoms with Crippen LogP contribution in [0.4, 0.5) is 0 Å². The molecule has 2 N–H and O–H groups in total. The van der Waals surface area contributed by atoms with Gasteiger partial charge in [-0.1, -0.05) is 0 Å². The number of rotatable bonds is 5. The third kappa shape index (κ3) is 2.12. The molecule has 0 aromatic rings. The van der Waals surface area contributed by atoms with Gasteiger partial charge in [-0.15, -0.1) is 0 Å². The predicted octanol–water partition coefficient (Wildman–Crippen LogP) is 0.519. The molecule has 0 amide bonds. The van der Waals surface area contributed by atoms with E-state index in [4.69, 9.17) is 10.5 Å². The number of hydrogen-bond donors (Lipinski definition) is 1. The SMILES string of the molecule is COCC(C)N(C)C1(CN)CCN2CCCC21. The molecule has 0 radical (unpaired) electrons. The van der Waals surface area contributed by atoms with Crippen LogP contribution in [0.15, 0.2) is 0 Å². The van der Waals surface area contributed by atoms with Gasteiger partial charge in [0.2, 0.25) is 0 Å². The smallest absolute Gasteiger partial charge is 0.0615 e. The number of nitrogens with two attached hydrogens (primary N) is 1. The van der Waals surface area contributed by atoms with Gasteiger partial charge >= 0.3 is 0 Å². The lowest BCUT2D eigenvalue weighted by molar-refractivity contribution is 0.0220. The molecular weight excluding hydrogens is 214 g/mol. The third-order valence-electron chi connectivity index (χ3n) is 4.94. The van der Waals surface area contributed by atoms with Crippen molar-refractivity contribution < 1.29 is 4.74 Å². The first-order valence-electron chi connectivity index (χ1n) is 6.81. The molecule has 2 aliphatic rings. The average Bonchev–Trinajstić information content (AvgIpc) is 2.90. The van der Waals surface area contributed by atoms with E-state index in [1.807, 2.05) is 0 Å². The van der Waals surface area contributed by atoms with Crippen molar-refractivity contribution in [3.8, 4) is 0 Å². The number of likely N-dealkylation sites (N-methyl/N-ethyl adjacent to an activating group) is 1. The minimum absolute atomic E-state index is 0.175. The van der Waals surface area contributed by atoms with Gasteiger partial charge in [-0.2, -0.15) is 0 Å². The van der Waals surface area contributed by atoms with Crippen molar-refractivity contribution in [1.29, 1.82) is 0 Å². The Labute approximate surface area is 105 Å². The van der Waals surface area contributed by atoms with Crippen LogP contribution in [-0.2, 0) is 4.74 Å². The second-order valence-corrected chi connectivity index (χ2v) is 5.67. The minimum atomic E-state index is 0.175. The lowest BCUT2D eigenvalue weighted by Gasteiger charge is -2.45. The van der Waals surface area contributed by atoms with E-state index >= 15 is 0 Å². The van der Waals surface area contributed by atoms with Crippen molar-refractivity contribution >= 4 is 0 Å². The lowest BCUT2D eigenvalue weighted by atomic mass is 9.86. The van der Waals surface area contributed by atoms with Gasteiger partial charge in [0.25, 0.3) is 0 Å². The number of fused-ring (bicyclic) bond motifs is 1. The summed E-state index contributed by atoms with van der Waals surface area (Å²) in [6.45, 7) is 6.26. The monoisotopic (exact) mass is 241 g/mol. The zero-order valence-corrected chi connectivity index (χ0v) is 11.5. The summed E-state index contributed by atoms with van der Waals surface area (Å²) in [5.74, 6) is 0. The van der Waals surface area contributed by atoms with Gasteiger partial charge in [0.15, 0.2) is 0 Å². The molecule has 2 fully saturated rings. The Morgan fingerprint density at radius 1 is 1.53 bits per heavy atom. The fourth-order valence-corrected chi connectivity index (χ4v) is 3.79. The summed E-state index contributed by atoms with van der Waals surface area (Å²) in [4.78, 5) is 5.11. The van der Waals surface area contributed by atoms with Crippen LogP contribution in [0.2, 0.25) is 0 Å². The summed E-state index contributed by atoms with van der Waals surface area (Å²) in [6.07, 6.45) is 3.85. The molecule has 0 saturated carbocycles. The number of nitrogens with zero attached hydrogens (tertiary/aromatic N) is 2. The molecule has 0 bridgehead atoms. The van der Waals surface area contributed by atoms with E-state index in [2.05, 4.69) is 23.8 Å². The highest BCUT2D eigenvalue weighted by atomic mass is 16.5. The Hall–Kier alpha value is -0.160. The Kier molecular flexibility index (Phi) is 4.08. The molecule has 3 atom stereocenters. The van der Waals surface area contributed by atoms with Crippen LogP contribution in [0.5, 0.6) is 0 Å². The molecular formula is C13H27N3O. The van der Waals surface area contributed by atoms with Gasteiger partial charge in [-0.05, 0) is 39.8 Å². The maximum atomic E-state index is 6.15. The molecule has 2 aliphatic heterocycles. The normalized spacial score (nSPS) is 35.5. The Morgan fingerprint density at radius 3 is 2.94 bits per heavy atom. The lowest BCUT2D eigenvalue weighted by Crippen LogP contribution is -2.61. The maximum Gasteiger partial charge on any atom is 0.0615 e. The second kappa shape index (κ2) is 5.22. The van der Waals surface area contributed by atoms with Gasteiger partial charge in [-0.25, -0.2) is 0 Å². The zero-order valence-electron chi connectivity index (χ0n) is 11.5. The van der Waals surface area contributed by atoms with Crippen molar-refractivity contribution in [3.05, 3.63) is 0 Å². The summed E-state index contributed by atoms with van der Waals surface area (Å²) in [5.41, 5.74) is 6.33. The van der Waals surface area contributed by atoms with E-state index in [1.54, 1.807) is 7.11 Å². The Bertz CT molecular complexity index is 261. The van der Waals surface area contributed by atoms with E-state index < -0.39 is 0 Å². The number of hydrogen-bond acceptors (Lipinski definition) is 4. The molecule has 2 rings (SSSR count). The van der Waals surface area contributed by atoms with Crippen LogP contribution in [0, 0.1) is 0 Å². The minimum Gasteiger partial charge on any atom is -0.383 e. The van der Waals surface area contributed by atoms with Crippen LogP contribution in [-0.4, -0.2) is 67.8 Å². The van der Waals surface area contributed by atoms with Gasteiger partial charge in [0.05, 0.1) is 6.61 Å². The quantitative estimate of drug-likeness (QED) is 0.762. The Morgan fingerprint density at radius 2 is 2.29 bits per heavy atom. The summed E-state index contributed by atoms with van der Waals surface area (Å²) in [5, 5.41) is 0. The van der Waals surface area contributed by atoms with E-state index in [0.29, 0.717) is 12.1 Å². The highest BCUT2D eigenvalue weighted by Gasteiger charge is 2.51. The molecule has 0 spiro atoms. The first-order valence-corrected chi connectivity index (χ1v) is 6.81. The summed E-state index contributed by atoms with van der Waals surface area (Å²) < 4.78 is 5.29. The van der Waals surface area contributed by atoms with Crippen molar-refractivity contribution in [2.24, 2.45) is 5.73 Å². The van der Waals surface area contributed by atoms with E-state index in [9.17, 15) is 0 Å².